The predicted molar refractivity (Wildman–Crippen MR) is 335 cm³/mol. The average molecular weight is 1010 g/mol. The average Bonchev–Trinajstić information content (AvgIpc) is 3.98. The van der Waals surface area contributed by atoms with Gasteiger partial charge in [0.1, 0.15) is 11.2 Å². The number of hydrogen-bond acceptors (Lipinski definition) is 4. The molecule has 4 nitrogen and oxygen atoms in total. The maximum atomic E-state index is 6.45. The number of aryl methyl sites for hydroxylation is 4. The third kappa shape index (κ3) is 8.44. The molecule has 3 heterocycles. The van der Waals surface area contributed by atoms with Crippen molar-refractivity contribution in [3.05, 3.63) is 208 Å². The van der Waals surface area contributed by atoms with Gasteiger partial charge in [0.25, 0.3) is 6.71 Å². The first-order valence-electron chi connectivity index (χ1n) is 28.2. The highest BCUT2D eigenvalue weighted by Crippen LogP contribution is 2.53. The second kappa shape index (κ2) is 19.2. The van der Waals surface area contributed by atoms with E-state index in [9.17, 15) is 0 Å². The van der Waals surface area contributed by atoms with E-state index < -0.39 is 0 Å². The fourth-order valence-electron chi connectivity index (χ4n) is 13.1. The van der Waals surface area contributed by atoms with Crippen LogP contribution in [0.4, 0.5) is 45.5 Å². The van der Waals surface area contributed by atoms with Crippen molar-refractivity contribution in [1.29, 1.82) is 0 Å². The van der Waals surface area contributed by atoms with Gasteiger partial charge in [-0.05, 0) is 216 Å². The first-order chi connectivity index (χ1) is 36.9. The van der Waals surface area contributed by atoms with Crippen LogP contribution >= 0.6 is 0 Å². The van der Waals surface area contributed by atoms with Gasteiger partial charge in [-0.15, -0.1) is 0 Å². The molecule has 0 bridgehead atoms. The van der Waals surface area contributed by atoms with Crippen LogP contribution in [0.3, 0.4) is 0 Å². The number of para-hydroxylation sites is 3. The van der Waals surface area contributed by atoms with Crippen molar-refractivity contribution in [1.82, 2.24) is 0 Å². The van der Waals surface area contributed by atoms with Gasteiger partial charge in [-0.25, -0.2) is 0 Å². The van der Waals surface area contributed by atoms with Crippen molar-refractivity contribution in [3.8, 4) is 11.1 Å². The maximum Gasteiger partial charge on any atom is 0.252 e. The number of fused-ring (bicyclic) bond motifs is 8. The summed E-state index contributed by atoms with van der Waals surface area (Å²) >= 11 is 0. The van der Waals surface area contributed by atoms with E-state index >= 15 is 0 Å². The topological polar surface area (TPSA) is 22.9 Å². The summed E-state index contributed by atoms with van der Waals surface area (Å²) in [5.41, 5.74) is 28.1. The molecule has 77 heavy (non-hydrogen) atoms. The highest BCUT2D eigenvalue weighted by atomic mass is 16.3. The van der Waals surface area contributed by atoms with Gasteiger partial charge in [-0.1, -0.05) is 147 Å². The van der Waals surface area contributed by atoms with Gasteiger partial charge in [-0.3, -0.25) is 0 Å². The Labute approximate surface area is 459 Å². The molecule has 388 valence electrons. The second-order valence-electron chi connectivity index (χ2n) is 24.1. The largest absolute Gasteiger partial charge is 0.456 e. The minimum absolute atomic E-state index is 0.00433. The first kappa shape index (κ1) is 51.6. The maximum absolute atomic E-state index is 6.45. The van der Waals surface area contributed by atoms with Crippen molar-refractivity contribution in [2.45, 2.75) is 133 Å². The summed E-state index contributed by atoms with van der Waals surface area (Å²) in [4.78, 5) is 7.76. The van der Waals surface area contributed by atoms with Crippen LogP contribution in [0, 0.1) is 27.7 Å². The molecule has 0 fully saturated rings. The van der Waals surface area contributed by atoms with Gasteiger partial charge in [0.05, 0.1) is 11.4 Å². The molecule has 9 aromatic rings. The fraction of sp³-hybridized carbons (Fsp3) is 0.278. The minimum atomic E-state index is -0.163. The van der Waals surface area contributed by atoms with Crippen molar-refractivity contribution in [3.63, 3.8) is 0 Å². The monoisotopic (exact) mass is 1010 g/mol. The van der Waals surface area contributed by atoms with E-state index in [2.05, 4.69) is 262 Å². The molecule has 2 aliphatic heterocycles. The highest BCUT2D eigenvalue weighted by Gasteiger charge is 2.48. The molecule has 0 N–H and O–H groups in total. The van der Waals surface area contributed by atoms with E-state index in [0.717, 1.165) is 57.4 Å². The highest BCUT2D eigenvalue weighted by molar-refractivity contribution is 7.00. The SMILES string of the molecule is C/C=C\C(=C/C)N(c1ccccc1)c1ccc2c(c1)N(c1c(C)cccc1C)c1cc(C(C)(C)C)cc3c1B2c1cc2c(cc1N3c1c(C)cc(-c3ccc4c(c3)oc3ccccc34)cc1C)C(C)(C)CCC2(C)C.CC. The van der Waals surface area contributed by atoms with Gasteiger partial charge in [0.15, 0.2) is 0 Å². The number of benzene rings is 8. The Hall–Kier alpha value is -7.50. The quantitative estimate of drug-likeness (QED) is 0.117. The smallest absolute Gasteiger partial charge is 0.252 e. The summed E-state index contributed by atoms with van der Waals surface area (Å²) in [6.45, 7) is 34.5. The van der Waals surface area contributed by atoms with Crippen molar-refractivity contribution in [2.75, 3.05) is 14.7 Å². The van der Waals surface area contributed by atoms with Gasteiger partial charge >= 0.3 is 0 Å². The van der Waals surface area contributed by atoms with Gasteiger partial charge in [0, 0.05) is 50.6 Å². The number of rotatable bonds is 7. The van der Waals surface area contributed by atoms with Crippen LogP contribution in [0.25, 0.3) is 33.1 Å². The number of nitrogens with zero attached hydrogens (tertiary/aromatic N) is 3. The molecule has 0 amide bonds. The standard InChI is InChI=1S/C70H70BN3O.C2H6/c1-14-22-50(15-2)72(51-25-17-16-18-26-51)52-30-32-57-59(40-52)73(66-43(3)23-21-24-44(66)4)61-38-49(68(7,8)9)39-62-65(61)71(57)58-41-55-56(70(12,13)34-33-69(55,10)11)42-60(58)74(62)67-45(5)35-48(36-46(67)6)47-29-31-54-53-27-19-20-28-63(53)75-64(54)37-47;1-2/h14-32,35-42H,33-34H2,1-13H3;1-2H3/b22-14-,50-15+;. The molecule has 1 aliphatic carbocycles. The second-order valence-corrected chi connectivity index (χ2v) is 24.1. The third-order valence-corrected chi connectivity index (χ3v) is 17.1. The number of furan rings is 1. The van der Waals surface area contributed by atoms with Gasteiger partial charge < -0.3 is 19.1 Å². The number of allylic oxidation sites excluding steroid dienone is 3. The molecule has 12 rings (SSSR count). The summed E-state index contributed by atoms with van der Waals surface area (Å²) in [7, 11) is 0. The molecular formula is C72H76BN3O. The Kier molecular flexibility index (Phi) is 12.9. The lowest BCUT2D eigenvalue weighted by molar-refractivity contribution is 0.332. The first-order valence-corrected chi connectivity index (χ1v) is 28.2. The Morgan fingerprint density at radius 1 is 0.545 bits per heavy atom. The summed E-state index contributed by atoms with van der Waals surface area (Å²) in [5.74, 6) is 0. The van der Waals surface area contributed by atoms with Crippen molar-refractivity contribution < 1.29 is 4.42 Å². The summed E-state index contributed by atoms with van der Waals surface area (Å²) in [6.07, 6.45) is 8.88. The van der Waals surface area contributed by atoms with Gasteiger partial charge in [-0.2, -0.15) is 0 Å². The van der Waals surface area contributed by atoms with Gasteiger partial charge in [0.2, 0.25) is 0 Å². The Morgan fingerprint density at radius 2 is 1.13 bits per heavy atom. The zero-order valence-electron chi connectivity index (χ0n) is 48.3. The zero-order chi connectivity index (χ0) is 54.5. The number of anilines is 8. The normalized spacial score (nSPS) is 15.3. The molecule has 0 unspecified atom stereocenters. The van der Waals surface area contributed by atoms with Crippen LogP contribution < -0.4 is 31.1 Å². The molecule has 0 saturated carbocycles. The van der Waals surface area contributed by atoms with E-state index in [1.54, 1.807) is 0 Å². The molecule has 0 radical (unpaired) electrons. The predicted octanol–water partition coefficient (Wildman–Crippen LogP) is 18.9. The third-order valence-electron chi connectivity index (χ3n) is 17.1. The lowest BCUT2D eigenvalue weighted by atomic mass is 9.33. The Balaban J connectivity index is 0.00000312. The molecule has 8 aromatic carbocycles. The Morgan fingerprint density at radius 3 is 1.75 bits per heavy atom. The number of hydrogen-bond donors (Lipinski definition) is 0. The van der Waals surface area contributed by atoms with Crippen LogP contribution in [0.15, 0.2) is 174 Å². The van der Waals surface area contributed by atoms with E-state index in [1.165, 1.54) is 95.0 Å². The van der Waals surface area contributed by atoms with Crippen LogP contribution in [0.1, 0.15) is 128 Å². The van der Waals surface area contributed by atoms with Crippen molar-refractivity contribution >= 4 is 90.5 Å². The molecular weight excluding hydrogens is 934 g/mol. The van der Waals surface area contributed by atoms with Crippen LogP contribution in [0.5, 0.6) is 0 Å². The lowest BCUT2D eigenvalue weighted by Gasteiger charge is -2.48. The van der Waals surface area contributed by atoms with E-state index in [4.69, 9.17) is 4.42 Å². The molecule has 0 atom stereocenters. The zero-order valence-corrected chi connectivity index (χ0v) is 48.3. The Bertz CT molecular complexity index is 3820. The molecule has 0 saturated heterocycles. The molecule has 0 spiro atoms. The van der Waals surface area contributed by atoms with Crippen molar-refractivity contribution in [2.24, 2.45) is 0 Å². The summed E-state index contributed by atoms with van der Waals surface area (Å²) in [5, 5.41) is 2.30. The van der Waals surface area contributed by atoms with E-state index in [-0.39, 0.29) is 23.0 Å². The fourth-order valence-corrected chi connectivity index (χ4v) is 13.1. The summed E-state index contributed by atoms with van der Waals surface area (Å²) in [6, 6.07) is 55.3. The molecule has 3 aliphatic rings. The lowest BCUT2D eigenvalue weighted by Crippen LogP contribution is -2.62. The summed E-state index contributed by atoms with van der Waals surface area (Å²) < 4.78 is 6.45. The van der Waals surface area contributed by atoms with E-state index in [1.807, 2.05) is 19.9 Å². The minimum Gasteiger partial charge on any atom is -0.456 e. The van der Waals surface area contributed by atoms with E-state index in [0.29, 0.717) is 0 Å². The van der Waals surface area contributed by atoms with Crippen LogP contribution in [0.2, 0.25) is 0 Å². The van der Waals surface area contributed by atoms with Crippen LogP contribution in [-0.4, -0.2) is 6.71 Å². The molecule has 1 aromatic heterocycles. The molecule has 5 heteroatoms. The van der Waals surface area contributed by atoms with Crippen LogP contribution in [-0.2, 0) is 16.2 Å².